The van der Waals surface area contributed by atoms with Crippen molar-refractivity contribution in [3.63, 3.8) is 0 Å². The van der Waals surface area contributed by atoms with Crippen molar-refractivity contribution in [3.05, 3.63) is 28.2 Å². The maximum absolute atomic E-state index is 12.4. The van der Waals surface area contributed by atoms with Crippen LogP contribution in [-0.2, 0) is 6.54 Å². The molecule has 1 saturated carbocycles. The lowest BCUT2D eigenvalue weighted by Gasteiger charge is -2.33. The Kier molecular flexibility index (Phi) is 5.99. The zero-order chi connectivity index (χ0) is 15.3. The summed E-state index contributed by atoms with van der Waals surface area (Å²) in [6.45, 7) is 0.960. The molecule has 1 aliphatic carbocycles. The fourth-order valence-electron chi connectivity index (χ4n) is 2.98. The summed E-state index contributed by atoms with van der Waals surface area (Å²) in [6, 6.07) is 5.12. The van der Waals surface area contributed by atoms with Crippen LogP contribution in [0.1, 0.15) is 44.6 Å². The van der Waals surface area contributed by atoms with Crippen molar-refractivity contribution in [2.45, 2.75) is 52.2 Å². The Bertz CT molecular complexity index is 462. The molecule has 2 nitrogen and oxygen atoms in total. The molecule has 2 rings (SSSR count). The predicted octanol–water partition coefficient (Wildman–Crippen LogP) is 5.11. The molecule has 0 aliphatic heterocycles. The number of nitrogens with one attached hydrogen (secondary N) is 1. The van der Waals surface area contributed by atoms with Gasteiger partial charge in [-0.05, 0) is 36.5 Å². The fraction of sp³-hybridized carbons (Fsp3) is 0.625. The van der Waals surface area contributed by atoms with Crippen molar-refractivity contribution in [2.24, 2.45) is 5.41 Å². The summed E-state index contributed by atoms with van der Waals surface area (Å²) in [5.41, 5.74) is 1.08. The van der Waals surface area contributed by atoms with Gasteiger partial charge >= 0.3 is 6.61 Å². The molecule has 0 spiro atoms. The van der Waals surface area contributed by atoms with E-state index < -0.39 is 6.61 Å². The highest BCUT2D eigenvalue weighted by Gasteiger charge is 2.26. The Morgan fingerprint density at radius 1 is 1.29 bits per heavy atom. The third kappa shape index (κ3) is 5.22. The van der Waals surface area contributed by atoms with Crippen molar-refractivity contribution in [3.8, 4) is 5.75 Å². The number of halogens is 3. The van der Waals surface area contributed by atoms with Crippen LogP contribution < -0.4 is 10.1 Å². The van der Waals surface area contributed by atoms with Crippen LogP contribution in [0.3, 0.4) is 0 Å². The first-order valence-electron chi connectivity index (χ1n) is 7.42. The van der Waals surface area contributed by atoms with Gasteiger partial charge in [-0.15, -0.1) is 0 Å². The monoisotopic (exact) mass is 361 g/mol. The highest BCUT2D eigenvalue weighted by molar-refractivity contribution is 9.10. The normalized spacial score (nSPS) is 18.0. The van der Waals surface area contributed by atoms with Crippen LogP contribution in [0.15, 0.2) is 22.7 Å². The lowest BCUT2D eigenvalue weighted by molar-refractivity contribution is -0.0505. The fourth-order valence-corrected chi connectivity index (χ4v) is 3.39. The minimum absolute atomic E-state index is 0.245. The average molecular weight is 362 g/mol. The molecule has 0 amide bonds. The standard InChI is InChI=1S/C16H22BrF2NO/c1-16(7-3-2-4-8-16)11-20-10-12-9-13(17)5-6-14(12)21-15(18)19/h5-6,9,15,20H,2-4,7-8,10-11H2,1H3. The Morgan fingerprint density at radius 2 is 2.00 bits per heavy atom. The van der Waals surface area contributed by atoms with Crippen LogP contribution in [0.25, 0.3) is 0 Å². The lowest BCUT2D eigenvalue weighted by Crippen LogP contribution is -2.33. The zero-order valence-corrected chi connectivity index (χ0v) is 13.9. The second-order valence-corrected chi connectivity index (χ2v) is 7.02. The number of hydrogen-bond acceptors (Lipinski definition) is 2. The molecule has 1 aliphatic rings. The van der Waals surface area contributed by atoms with Gasteiger partial charge in [-0.2, -0.15) is 8.78 Å². The van der Waals surface area contributed by atoms with Gasteiger partial charge in [0.2, 0.25) is 0 Å². The largest absolute Gasteiger partial charge is 0.434 e. The number of ether oxygens (including phenoxy) is 1. The van der Waals surface area contributed by atoms with Crippen LogP contribution in [-0.4, -0.2) is 13.2 Å². The van der Waals surface area contributed by atoms with Gasteiger partial charge in [0, 0.05) is 23.1 Å². The van der Waals surface area contributed by atoms with Gasteiger partial charge < -0.3 is 10.1 Å². The summed E-state index contributed by atoms with van der Waals surface area (Å²) in [6.07, 6.45) is 6.37. The summed E-state index contributed by atoms with van der Waals surface area (Å²) in [7, 11) is 0. The molecule has 0 bridgehead atoms. The summed E-state index contributed by atoms with van der Waals surface area (Å²) in [5, 5.41) is 3.41. The molecule has 0 unspecified atom stereocenters. The number of benzene rings is 1. The number of alkyl halides is 2. The minimum Gasteiger partial charge on any atom is -0.434 e. The topological polar surface area (TPSA) is 21.3 Å². The van der Waals surface area contributed by atoms with Crippen molar-refractivity contribution < 1.29 is 13.5 Å². The van der Waals surface area contributed by atoms with Gasteiger partial charge in [0.05, 0.1) is 0 Å². The molecule has 0 radical (unpaired) electrons. The summed E-state index contributed by atoms with van der Waals surface area (Å²) >= 11 is 3.37. The molecule has 5 heteroatoms. The Balaban J connectivity index is 1.94. The zero-order valence-electron chi connectivity index (χ0n) is 12.3. The van der Waals surface area contributed by atoms with Crippen molar-refractivity contribution in [1.29, 1.82) is 0 Å². The van der Waals surface area contributed by atoms with Gasteiger partial charge in [0.25, 0.3) is 0 Å². The molecule has 0 atom stereocenters. The second-order valence-electron chi connectivity index (χ2n) is 6.11. The van der Waals surface area contributed by atoms with E-state index in [-0.39, 0.29) is 5.75 Å². The molecular formula is C16H22BrF2NO. The Labute approximate surface area is 133 Å². The van der Waals surface area contributed by atoms with Gasteiger partial charge in [0.1, 0.15) is 5.75 Å². The van der Waals surface area contributed by atoms with E-state index in [9.17, 15) is 8.78 Å². The smallest absolute Gasteiger partial charge is 0.387 e. The molecule has 1 fully saturated rings. The molecule has 0 heterocycles. The molecule has 21 heavy (non-hydrogen) atoms. The maximum Gasteiger partial charge on any atom is 0.387 e. The van der Waals surface area contributed by atoms with Crippen LogP contribution in [0, 0.1) is 5.41 Å². The van der Waals surface area contributed by atoms with E-state index in [1.54, 1.807) is 12.1 Å². The van der Waals surface area contributed by atoms with Crippen LogP contribution in [0.4, 0.5) is 8.78 Å². The van der Waals surface area contributed by atoms with E-state index in [0.29, 0.717) is 12.0 Å². The van der Waals surface area contributed by atoms with Crippen molar-refractivity contribution >= 4 is 15.9 Å². The van der Waals surface area contributed by atoms with Crippen molar-refractivity contribution in [2.75, 3.05) is 6.54 Å². The van der Waals surface area contributed by atoms with E-state index in [1.165, 1.54) is 32.1 Å². The Morgan fingerprint density at radius 3 is 2.67 bits per heavy atom. The summed E-state index contributed by atoms with van der Waals surface area (Å²) < 4.78 is 30.3. The van der Waals surface area contributed by atoms with Gasteiger partial charge in [-0.25, -0.2) is 0 Å². The molecule has 1 aromatic rings. The Hall–Kier alpha value is -0.680. The molecule has 0 saturated heterocycles. The van der Waals surface area contributed by atoms with E-state index in [4.69, 9.17) is 0 Å². The molecule has 118 valence electrons. The lowest BCUT2D eigenvalue weighted by atomic mass is 9.76. The highest BCUT2D eigenvalue weighted by atomic mass is 79.9. The first-order valence-corrected chi connectivity index (χ1v) is 8.22. The predicted molar refractivity (Wildman–Crippen MR) is 83.7 cm³/mol. The van der Waals surface area contributed by atoms with Crippen LogP contribution in [0.2, 0.25) is 0 Å². The third-order valence-electron chi connectivity index (χ3n) is 4.17. The third-order valence-corrected chi connectivity index (χ3v) is 4.66. The molecular weight excluding hydrogens is 340 g/mol. The quantitative estimate of drug-likeness (QED) is 0.759. The number of rotatable bonds is 6. The van der Waals surface area contributed by atoms with E-state index in [1.807, 2.05) is 6.07 Å². The van der Waals surface area contributed by atoms with Crippen LogP contribution in [0.5, 0.6) is 5.75 Å². The van der Waals surface area contributed by atoms with Crippen LogP contribution >= 0.6 is 15.9 Å². The second kappa shape index (κ2) is 7.54. The SMILES string of the molecule is CC1(CNCc2cc(Br)ccc2OC(F)F)CCCCC1. The van der Waals surface area contributed by atoms with E-state index >= 15 is 0 Å². The maximum atomic E-state index is 12.4. The van der Waals surface area contributed by atoms with Gasteiger partial charge in [-0.1, -0.05) is 42.1 Å². The first-order chi connectivity index (χ1) is 9.98. The number of hydrogen-bond donors (Lipinski definition) is 1. The summed E-state index contributed by atoms with van der Waals surface area (Å²) in [5.74, 6) is 0.245. The van der Waals surface area contributed by atoms with Gasteiger partial charge in [-0.3, -0.25) is 0 Å². The average Bonchev–Trinajstić information content (AvgIpc) is 2.42. The highest BCUT2D eigenvalue weighted by Crippen LogP contribution is 2.35. The first kappa shape index (κ1) is 16.7. The van der Waals surface area contributed by atoms with Gasteiger partial charge in [0.15, 0.2) is 0 Å². The molecule has 1 N–H and O–H groups in total. The van der Waals surface area contributed by atoms with E-state index in [2.05, 4.69) is 32.9 Å². The minimum atomic E-state index is -2.79. The summed E-state index contributed by atoms with van der Waals surface area (Å²) in [4.78, 5) is 0. The molecule has 0 aromatic heterocycles. The van der Waals surface area contributed by atoms with E-state index in [0.717, 1.165) is 16.6 Å². The van der Waals surface area contributed by atoms with Crippen molar-refractivity contribution in [1.82, 2.24) is 5.32 Å². The molecule has 1 aromatic carbocycles.